The highest BCUT2D eigenvalue weighted by atomic mass is 32.2. The van der Waals surface area contributed by atoms with Gasteiger partial charge in [0.05, 0.1) is 4.90 Å². The van der Waals surface area contributed by atoms with Crippen molar-refractivity contribution in [2.24, 2.45) is 0 Å². The number of aryl methyl sites for hydroxylation is 1. The molecular weight excluding hydrogens is 515 g/mol. The zero-order chi connectivity index (χ0) is 27.0. The third-order valence-corrected chi connectivity index (χ3v) is 7.46. The van der Waals surface area contributed by atoms with E-state index >= 15 is 4.39 Å². The van der Waals surface area contributed by atoms with E-state index in [1.807, 2.05) is 54.6 Å². The topological polar surface area (TPSA) is 81.1 Å². The Hall–Kier alpha value is -4.44. The quantitative estimate of drug-likeness (QED) is 0.287. The van der Waals surface area contributed by atoms with Gasteiger partial charge in [-0.25, -0.2) is 31.3 Å². The van der Waals surface area contributed by atoms with E-state index in [-0.39, 0.29) is 17.3 Å². The molecule has 10 heteroatoms. The van der Waals surface area contributed by atoms with E-state index < -0.39 is 50.0 Å². The Bertz CT molecular complexity index is 1770. The van der Waals surface area contributed by atoms with Crippen molar-refractivity contribution in [1.82, 2.24) is 14.3 Å². The van der Waals surface area contributed by atoms with E-state index in [1.165, 1.54) is 35.8 Å². The number of halogens is 3. The molecular formula is C28H20F3N3O3S. The Morgan fingerprint density at radius 3 is 2.03 bits per heavy atom. The molecule has 0 aliphatic carbocycles. The van der Waals surface area contributed by atoms with Crippen LogP contribution in [0.3, 0.4) is 0 Å². The Morgan fingerprint density at radius 1 is 0.816 bits per heavy atom. The van der Waals surface area contributed by atoms with Crippen molar-refractivity contribution in [3.8, 4) is 11.1 Å². The van der Waals surface area contributed by atoms with E-state index in [2.05, 4.69) is 4.98 Å². The van der Waals surface area contributed by atoms with E-state index in [0.29, 0.717) is 5.56 Å². The number of amides is 1. The number of carbonyl (C=O) groups is 1. The van der Waals surface area contributed by atoms with E-state index in [1.54, 1.807) is 10.8 Å². The molecule has 1 aromatic heterocycles. The summed E-state index contributed by atoms with van der Waals surface area (Å²) in [7, 11) is -4.41. The van der Waals surface area contributed by atoms with Crippen molar-refractivity contribution in [1.29, 1.82) is 0 Å². The van der Waals surface area contributed by atoms with Crippen LogP contribution in [0.15, 0.2) is 89.8 Å². The number of benzene rings is 4. The molecule has 5 aromatic rings. The lowest BCUT2D eigenvalue weighted by molar-refractivity contribution is 0.0978. The zero-order valence-corrected chi connectivity index (χ0v) is 20.8. The summed E-state index contributed by atoms with van der Waals surface area (Å²) in [6.45, 7) is 1.54. The molecule has 0 radical (unpaired) electrons. The average molecular weight is 536 g/mol. The lowest BCUT2D eigenvalue weighted by Gasteiger charge is -2.12. The van der Waals surface area contributed by atoms with Crippen LogP contribution in [0, 0.1) is 24.4 Å². The van der Waals surface area contributed by atoms with Crippen molar-refractivity contribution in [2.45, 2.75) is 18.4 Å². The predicted molar refractivity (Wildman–Crippen MR) is 136 cm³/mol. The molecule has 0 atom stereocenters. The van der Waals surface area contributed by atoms with E-state index in [4.69, 9.17) is 0 Å². The molecule has 0 bridgehead atoms. The first-order valence-electron chi connectivity index (χ1n) is 11.5. The van der Waals surface area contributed by atoms with Gasteiger partial charge in [-0.05, 0) is 35.7 Å². The fourth-order valence-corrected chi connectivity index (χ4v) is 5.20. The largest absolute Gasteiger partial charge is 0.321 e. The predicted octanol–water partition coefficient (Wildman–Crippen LogP) is 5.60. The fraction of sp³-hybridized carbons (Fsp3) is 0.0714. The number of sulfonamides is 1. The van der Waals surface area contributed by atoms with Crippen molar-refractivity contribution < 1.29 is 26.4 Å². The van der Waals surface area contributed by atoms with Crippen LogP contribution in [0.4, 0.5) is 13.2 Å². The SMILES string of the molecule is Cc1nc2c(C(=O)NS(=O)(=O)c3ccccc3)c(F)c(F)c(F)c2n1Cc1ccc(-c2ccccc2)cc1. The van der Waals surface area contributed by atoms with Gasteiger partial charge in [-0.15, -0.1) is 0 Å². The number of aromatic nitrogens is 2. The summed E-state index contributed by atoms with van der Waals surface area (Å²) < 4.78 is 72.9. The van der Waals surface area contributed by atoms with Crippen molar-refractivity contribution in [2.75, 3.05) is 0 Å². The number of carbonyl (C=O) groups excluding carboxylic acids is 1. The minimum absolute atomic E-state index is 0.0444. The molecule has 6 nitrogen and oxygen atoms in total. The molecule has 0 fully saturated rings. The van der Waals surface area contributed by atoms with Crippen LogP contribution in [0.5, 0.6) is 0 Å². The zero-order valence-electron chi connectivity index (χ0n) is 20.0. The van der Waals surface area contributed by atoms with Crippen LogP contribution in [0.2, 0.25) is 0 Å². The van der Waals surface area contributed by atoms with Crippen LogP contribution >= 0.6 is 0 Å². The van der Waals surface area contributed by atoms with Gasteiger partial charge in [0.1, 0.15) is 22.4 Å². The standard InChI is InChI=1S/C28H20F3N3O3S/c1-17-32-26-22(28(35)33-38(36,37)21-10-6-3-7-11-21)23(29)24(30)25(31)27(26)34(17)16-18-12-14-20(15-13-18)19-8-4-2-5-9-19/h2-15H,16H2,1H3,(H,33,35). The molecule has 0 aliphatic heterocycles. The first-order chi connectivity index (χ1) is 18.2. The van der Waals surface area contributed by atoms with Gasteiger partial charge in [0.15, 0.2) is 17.5 Å². The van der Waals surface area contributed by atoms with Gasteiger partial charge in [0, 0.05) is 6.54 Å². The van der Waals surface area contributed by atoms with Crippen LogP contribution in [0.1, 0.15) is 21.7 Å². The van der Waals surface area contributed by atoms with Gasteiger partial charge in [-0.2, -0.15) is 0 Å². The molecule has 1 heterocycles. The summed E-state index contributed by atoms with van der Waals surface area (Å²) in [6, 6.07) is 23.9. The molecule has 1 N–H and O–H groups in total. The van der Waals surface area contributed by atoms with Crippen molar-refractivity contribution >= 4 is 27.0 Å². The normalized spacial score (nSPS) is 11.6. The summed E-state index contributed by atoms with van der Waals surface area (Å²) in [5, 5.41) is 0. The molecule has 38 heavy (non-hydrogen) atoms. The number of imidazole rings is 1. The van der Waals surface area contributed by atoms with Gasteiger partial charge in [-0.1, -0.05) is 72.8 Å². The molecule has 4 aromatic carbocycles. The van der Waals surface area contributed by atoms with Gasteiger partial charge in [-0.3, -0.25) is 4.79 Å². The summed E-state index contributed by atoms with van der Waals surface area (Å²) in [6.07, 6.45) is 0. The molecule has 1 amide bonds. The Morgan fingerprint density at radius 2 is 1.39 bits per heavy atom. The number of fused-ring (bicyclic) bond motifs is 1. The highest BCUT2D eigenvalue weighted by Gasteiger charge is 2.31. The fourth-order valence-electron chi connectivity index (χ4n) is 4.22. The number of rotatable bonds is 6. The van der Waals surface area contributed by atoms with E-state index in [0.717, 1.165) is 11.1 Å². The Kier molecular flexibility index (Phi) is 6.50. The smallest absolute Gasteiger partial charge is 0.270 e. The monoisotopic (exact) mass is 535 g/mol. The number of nitrogens with one attached hydrogen (secondary N) is 1. The molecule has 192 valence electrons. The average Bonchev–Trinajstić information content (AvgIpc) is 3.23. The number of nitrogens with zero attached hydrogens (tertiary/aromatic N) is 2. The first kappa shape index (κ1) is 25.2. The van der Waals surface area contributed by atoms with E-state index in [9.17, 15) is 22.0 Å². The summed E-state index contributed by atoms with van der Waals surface area (Å²) in [5.74, 6) is -6.54. The molecule has 5 rings (SSSR count). The van der Waals surface area contributed by atoms with Gasteiger partial charge in [0.2, 0.25) is 0 Å². The maximum atomic E-state index is 15.0. The Labute approximate surface area is 216 Å². The van der Waals surface area contributed by atoms with Crippen LogP contribution < -0.4 is 4.72 Å². The van der Waals surface area contributed by atoms with Crippen LogP contribution in [0.25, 0.3) is 22.2 Å². The second-order valence-electron chi connectivity index (χ2n) is 8.57. The lowest BCUT2D eigenvalue weighted by atomic mass is 10.0. The number of hydrogen-bond donors (Lipinski definition) is 1. The minimum atomic E-state index is -4.41. The third kappa shape index (κ3) is 4.54. The van der Waals surface area contributed by atoms with Crippen LogP contribution in [-0.4, -0.2) is 23.9 Å². The number of hydrogen-bond acceptors (Lipinski definition) is 4. The summed E-state index contributed by atoms with van der Waals surface area (Å²) in [5.41, 5.74) is 0.748. The van der Waals surface area contributed by atoms with Gasteiger partial charge >= 0.3 is 0 Å². The lowest BCUT2D eigenvalue weighted by Crippen LogP contribution is -2.31. The molecule has 0 aliphatic rings. The molecule has 0 unspecified atom stereocenters. The highest BCUT2D eigenvalue weighted by Crippen LogP contribution is 2.30. The third-order valence-electron chi connectivity index (χ3n) is 6.12. The second-order valence-corrected chi connectivity index (χ2v) is 10.3. The second kappa shape index (κ2) is 9.79. The first-order valence-corrected chi connectivity index (χ1v) is 13.0. The van der Waals surface area contributed by atoms with Crippen LogP contribution in [-0.2, 0) is 16.6 Å². The summed E-state index contributed by atoms with van der Waals surface area (Å²) >= 11 is 0. The maximum Gasteiger partial charge on any atom is 0.270 e. The Balaban J connectivity index is 1.54. The van der Waals surface area contributed by atoms with Crippen molar-refractivity contribution in [3.63, 3.8) is 0 Å². The van der Waals surface area contributed by atoms with Gasteiger partial charge in [0.25, 0.3) is 15.9 Å². The molecule has 0 saturated heterocycles. The highest BCUT2D eigenvalue weighted by molar-refractivity contribution is 7.90. The molecule has 0 spiro atoms. The summed E-state index contributed by atoms with van der Waals surface area (Å²) in [4.78, 5) is 16.8. The maximum absolute atomic E-state index is 15.0. The minimum Gasteiger partial charge on any atom is -0.321 e. The van der Waals surface area contributed by atoms with Crippen molar-refractivity contribution in [3.05, 3.63) is 119 Å². The molecule has 0 saturated carbocycles. The van der Waals surface area contributed by atoms with Gasteiger partial charge < -0.3 is 4.57 Å².